The van der Waals surface area contributed by atoms with Crippen LogP contribution in [0.4, 0.5) is 5.69 Å². The van der Waals surface area contributed by atoms with Gasteiger partial charge in [-0.15, -0.1) is 0 Å². The summed E-state index contributed by atoms with van der Waals surface area (Å²) in [5.74, 6) is 0. The zero-order valence-electron chi connectivity index (χ0n) is 12.0. The summed E-state index contributed by atoms with van der Waals surface area (Å²) in [6, 6.07) is 10.7. The van der Waals surface area contributed by atoms with E-state index >= 15 is 0 Å². The minimum atomic E-state index is -0.278. The molecule has 0 aliphatic heterocycles. The number of aliphatic hydroxyl groups excluding tert-OH is 1. The highest BCUT2D eigenvalue weighted by Crippen LogP contribution is 2.17. The molecule has 1 atom stereocenters. The van der Waals surface area contributed by atoms with E-state index in [-0.39, 0.29) is 12.1 Å². The maximum atomic E-state index is 9.64. The third-order valence-corrected chi connectivity index (χ3v) is 3.03. The second-order valence-electron chi connectivity index (χ2n) is 5.37. The molecule has 1 rings (SSSR count). The van der Waals surface area contributed by atoms with Crippen LogP contribution in [0.5, 0.6) is 0 Å². The fourth-order valence-electron chi connectivity index (χ4n) is 2.28. The van der Waals surface area contributed by atoms with Crippen molar-refractivity contribution in [2.45, 2.75) is 39.3 Å². The van der Waals surface area contributed by atoms with Crippen LogP contribution in [0.15, 0.2) is 30.3 Å². The van der Waals surface area contributed by atoms with Crippen LogP contribution in [0, 0.1) is 0 Å². The summed E-state index contributed by atoms with van der Waals surface area (Å²) in [7, 11) is 0. The highest BCUT2D eigenvalue weighted by Gasteiger charge is 2.26. The molecule has 0 radical (unpaired) electrons. The molecular weight excluding hydrogens is 224 g/mol. The van der Waals surface area contributed by atoms with Gasteiger partial charge < -0.3 is 15.3 Å². The van der Waals surface area contributed by atoms with Crippen molar-refractivity contribution in [1.29, 1.82) is 0 Å². The lowest BCUT2D eigenvalue weighted by molar-refractivity contribution is 0.169. The summed E-state index contributed by atoms with van der Waals surface area (Å²) in [5, 5.41) is 13.1. The number of hydrogen-bond acceptors (Lipinski definition) is 3. The van der Waals surface area contributed by atoms with Crippen molar-refractivity contribution in [3.05, 3.63) is 30.3 Å². The van der Waals surface area contributed by atoms with Crippen molar-refractivity contribution in [3.63, 3.8) is 0 Å². The second-order valence-corrected chi connectivity index (χ2v) is 5.37. The van der Waals surface area contributed by atoms with Gasteiger partial charge in [-0.25, -0.2) is 0 Å². The molecule has 0 aliphatic carbocycles. The van der Waals surface area contributed by atoms with E-state index in [1.54, 1.807) is 0 Å². The third-order valence-electron chi connectivity index (χ3n) is 3.03. The quantitative estimate of drug-likeness (QED) is 0.779. The Labute approximate surface area is 111 Å². The van der Waals surface area contributed by atoms with Gasteiger partial charge in [-0.3, -0.25) is 0 Å². The first-order chi connectivity index (χ1) is 8.50. The molecule has 0 aromatic heterocycles. The summed E-state index contributed by atoms with van der Waals surface area (Å²) in [6.07, 6.45) is 0. The topological polar surface area (TPSA) is 35.5 Å². The van der Waals surface area contributed by atoms with Crippen molar-refractivity contribution in [1.82, 2.24) is 5.32 Å². The highest BCUT2D eigenvalue weighted by molar-refractivity contribution is 5.46. The first kappa shape index (κ1) is 15.0. The predicted octanol–water partition coefficient (Wildman–Crippen LogP) is 2.26. The van der Waals surface area contributed by atoms with Crippen molar-refractivity contribution < 1.29 is 5.11 Å². The second kappa shape index (κ2) is 6.76. The van der Waals surface area contributed by atoms with Gasteiger partial charge in [-0.2, -0.15) is 0 Å². The lowest BCUT2D eigenvalue weighted by Gasteiger charge is -2.37. The van der Waals surface area contributed by atoms with E-state index in [0.717, 1.165) is 13.1 Å². The van der Waals surface area contributed by atoms with Gasteiger partial charge in [0.2, 0.25) is 0 Å². The van der Waals surface area contributed by atoms with E-state index in [4.69, 9.17) is 0 Å². The predicted molar refractivity (Wildman–Crippen MR) is 78.1 cm³/mol. The molecule has 0 amide bonds. The number of rotatable bonds is 7. The van der Waals surface area contributed by atoms with Crippen LogP contribution in [-0.2, 0) is 0 Å². The Morgan fingerprint density at radius 3 is 2.33 bits per heavy atom. The van der Waals surface area contributed by atoms with Crippen molar-refractivity contribution in [2.75, 3.05) is 24.6 Å². The summed E-state index contributed by atoms with van der Waals surface area (Å²) >= 11 is 0. The Balaban J connectivity index is 2.78. The SMILES string of the molecule is CCN(CC(C)(CO)NC(C)C)c1ccccc1. The van der Waals surface area contributed by atoms with Gasteiger partial charge >= 0.3 is 0 Å². The van der Waals surface area contributed by atoms with E-state index in [0.29, 0.717) is 6.04 Å². The zero-order chi connectivity index (χ0) is 13.6. The minimum Gasteiger partial charge on any atom is -0.394 e. The molecule has 0 saturated carbocycles. The van der Waals surface area contributed by atoms with Crippen molar-refractivity contribution in [3.8, 4) is 0 Å². The molecule has 0 saturated heterocycles. The molecule has 0 heterocycles. The number of para-hydroxylation sites is 1. The van der Waals surface area contributed by atoms with Gasteiger partial charge in [-0.1, -0.05) is 32.0 Å². The molecule has 1 aromatic rings. The average molecular weight is 250 g/mol. The van der Waals surface area contributed by atoms with Crippen LogP contribution >= 0.6 is 0 Å². The van der Waals surface area contributed by atoms with Gasteiger partial charge in [0, 0.05) is 24.8 Å². The maximum Gasteiger partial charge on any atom is 0.0628 e. The number of aliphatic hydroxyl groups is 1. The van der Waals surface area contributed by atoms with Crippen molar-refractivity contribution >= 4 is 5.69 Å². The van der Waals surface area contributed by atoms with Gasteiger partial charge in [-0.05, 0) is 26.0 Å². The molecule has 0 spiro atoms. The molecule has 18 heavy (non-hydrogen) atoms. The molecule has 3 heteroatoms. The number of likely N-dealkylation sites (N-methyl/N-ethyl adjacent to an activating group) is 1. The van der Waals surface area contributed by atoms with Gasteiger partial charge in [0.25, 0.3) is 0 Å². The normalized spacial score (nSPS) is 14.6. The molecular formula is C15H26N2O. The summed E-state index contributed by atoms with van der Waals surface area (Å²) < 4.78 is 0. The van der Waals surface area contributed by atoms with E-state index in [2.05, 4.69) is 50.0 Å². The molecule has 0 bridgehead atoms. The minimum absolute atomic E-state index is 0.133. The molecule has 2 N–H and O–H groups in total. The number of benzene rings is 1. The van der Waals surface area contributed by atoms with Crippen LogP contribution in [0.3, 0.4) is 0 Å². The first-order valence-corrected chi connectivity index (χ1v) is 6.69. The maximum absolute atomic E-state index is 9.64. The zero-order valence-corrected chi connectivity index (χ0v) is 12.0. The Morgan fingerprint density at radius 2 is 1.89 bits per heavy atom. The number of hydrogen-bond donors (Lipinski definition) is 2. The Bertz CT molecular complexity index is 340. The molecule has 1 aromatic carbocycles. The largest absolute Gasteiger partial charge is 0.394 e. The fourth-order valence-corrected chi connectivity index (χ4v) is 2.28. The van der Waals surface area contributed by atoms with E-state index < -0.39 is 0 Å². The molecule has 1 unspecified atom stereocenters. The summed E-state index contributed by atoms with van der Waals surface area (Å²) in [5.41, 5.74) is 0.922. The lowest BCUT2D eigenvalue weighted by Crippen LogP contribution is -2.56. The molecule has 102 valence electrons. The Morgan fingerprint density at radius 1 is 1.28 bits per heavy atom. The van der Waals surface area contributed by atoms with Gasteiger partial charge in [0.05, 0.1) is 12.1 Å². The van der Waals surface area contributed by atoms with Crippen molar-refractivity contribution in [2.24, 2.45) is 0 Å². The first-order valence-electron chi connectivity index (χ1n) is 6.69. The van der Waals surface area contributed by atoms with Gasteiger partial charge in [0.1, 0.15) is 0 Å². The van der Waals surface area contributed by atoms with Crippen LogP contribution < -0.4 is 10.2 Å². The van der Waals surface area contributed by atoms with Crippen LogP contribution in [0.1, 0.15) is 27.7 Å². The Hall–Kier alpha value is -1.06. The lowest BCUT2D eigenvalue weighted by atomic mass is 10.0. The van der Waals surface area contributed by atoms with E-state index in [1.807, 2.05) is 18.2 Å². The molecule has 3 nitrogen and oxygen atoms in total. The van der Waals surface area contributed by atoms with Crippen LogP contribution in [0.25, 0.3) is 0 Å². The van der Waals surface area contributed by atoms with Crippen LogP contribution in [0.2, 0.25) is 0 Å². The van der Waals surface area contributed by atoms with Gasteiger partial charge in [0.15, 0.2) is 0 Å². The van der Waals surface area contributed by atoms with E-state index in [9.17, 15) is 5.11 Å². The van der Waals surface area contributed by atoms with E-state index in [1.165, 1.54) is 5.69 Å². The fraction of sp³-hybridized carbons (Fsp3) is 0.600. The highest BCUT2D eigenvalue weighted by atomic mass is 16.3. The third kappa shape index (κ3) is 4.31. The smallest absolute Gasteiger partial charge is 0.0628 e. The monoisotopic (exact) mass is 250 g/mol. The summed E-state index contributed by atoms with van der Waals surface area (Å²) in [6.45, 7) is 10.3. The summed E-state index contributed by atoms with van der Waals surface area (Å²) in [4.78, 5) is 2.28. The Kier molecular flexibility index (Phi) is 5.63. The average Bonchev–Trinajstić information content (AvgIpc) is 2.36. The number of anilines is 1. The molecule has 0 fully saturated rings. The standard InChI is InChI=1S/C15H26N2O/c1-5-17(14-9-7-6-8-10-14)11-15(4,12-18)16-13(2)3/h6-10,13,16,18H,5,11-12H2,1-4H3. The van der Waals surface area contributed by atoms with Crippen LogP contribution in [-0.4, -0.2) is 36.4 Å². The number of nitrogens with zero attached hydrogens (tertiary/aromatic N) is 1. The molecule has 0 aliphatic rings. The number of nitrogens with one attached hydrogen (secondary N) is 1.